The molecular formula is C25H44O21. The summed E-state index contributed by atoms with van der Waals surface area (Å²) in [7, 11) is 0. The summed E-state index contributed by atoms with van der Waals surface area (Å²) in [5.41, 5.74) is -2.35. The van der Waals surface area contributed by atoms with E-state index in [1.54, 1.807) is 0 Å². The van der Waals surface area contributed by atoms with Gasteiger partial charge in [0.2, 0.25) is 0 Å². The molecule has 0 aromatic heterocycles. The minimum Gasteiger partial charge on any atom is -0.394 e. The van der Waals surface area contributed by atoms with Gasteiger partial charge in [0.25, 0.3) is 0 Å². The first kappa shape index (κ1) is 38.0. The van der Waals surface area contributed by atoms with Crippen LogP contribution in [0.25, 0.3) is 0 Å². The Morgan fingerprint density at radius 2 is 0.826 bits per heavy atom. The van der Waals surface area contributed by atoms with Crippen LogP contribution in [0.2, 0.25) is 0 Å². The smallest absolute Gasteiger partial charge is 0.187 e. The summed E-state index contributed by atoms with van der Waals surface area (Å²) >= 11 is 0. The van der Waals surface area contributed by atoms with E-state index in [1.165, 1.54) is 0 Å². The third kappa shape index (κ3) is 7.21. The number of hydrogen-bond acceptors (Lipinski definition) is 21. The molecule has 19 atom stereocenters. The van der Waals surface area contributed by atoms with Crippen molar-refractivity contribution in [2.24, 2.45) is 0 Å². The molecule has 0 aromatic rings. The van der Waals surface area contributed by atoms with Crippen LogP contribution in [0.4, 0.5) is 0 Å². The fourth-order valence-corrected chi connectivity index (χ4v) is 5.69. The van der Waals surface area contributed by atoms with Crippen LogP contribution in [0.3, 0.4) is 0 Å². The third-order valence-corrected chi connectivity index (χ3v) is 8.84. The summed E-state index contributed by atoms with van der Waals surface area (Å²) < 4.78 is 32.2. The molecule has 0 radical (unpaired) electrons. The van der Waals surface area contributed by atoms with Gasteiger partial charge in [-0.2, -0.15) is 0 Å². The first-order chi connectivity index (χ1) is 21.4. The van der Waals surface area contributed by atoms with E-state index in [1.807, 2.05) is 0 Å². The van der Waals surface area contributed by atoms with E-state index >= 15 is 0 Å². The van der Waals surface area contributed by atoms with Crippen LogP contribution in [0.5, 0.6) is 0 Å². The second kappa shape index (κ2) is 15.0. The molecule has 4 aliphatic rings. The topological polar surface area (TPSA) is 359 Å². The monoisotopic (exact) mass is 680 g/mol. The third-order valence-electron chi connectivity index (χ3n) is 8.84. The standard InChI is InChI=1S/C25H44O21/c1-25(40)20(38)17(36)19(18(37)21(25)39)46-24-16(35)13(32)10(29)7(45-24)4-42-23-15(34)12(31)9(28)6(44-23)3-41-22-14(33)11(30)8(27)5(2-26)43-22/h5-24,26-40H,2-4H2,1H3. The normalized spacial score (nSPS) is 55.3. The molecule has 21 nitrogen and oxygen atoms in total. The maximum absolute atomic E-state index is 10.5. The van der Waals surface area contributed by atoms with Crippen molar-refractivity contribution >= 4 is 0 Å². The summed E-state index contributed by atoms with van der Waals surface area (Å²) in [5, 5.41) is 153. The molecule has 1 saturated carbocycles. The summed E-state index contributed by atoms with van der Waals surface area (Å²) in [6.45, 7) is -1.21. The Balaban J connectivity index is 1.38. The SMILES string of the molecule is CC1(O)C(O)C(O)C(OC2OC(COC3OC(COC4OC(CO)C(O)C(O)C4O)C(O)C(O)C3O)C(O)C(O)C2O)C(O)C1O. The van der Waals surface area contributed by atoms with Gasteiger partial charge in [0.05, 0.1) is 19.8 Å². The lowest BCUT2D eigenvalue weighted by Crippen LogP contribution is -2.71. The second-order valence-electron chi connectivity index (χ2n) is 12.1. The van der Waals surface area contributed by atoms with E-state index in [0.29, 0.717) is 0 Å². The molecule has 4 fully saturated rings. The summed E-state index contributed by atoms with van der Waals surface area (Å²) in [4.78, 5) is 0. The molecule has 3 aliphatic heterocycles. The van der Waals surface area contributed by atoms with Gasteiger partial charge >= 0.3 is 0 Å². The number of ether oxygens (including phenoxy) is 6. The van der Waals surface area contributed by atoms with Gasteiger partial charge in [0, 0.05) is 0 Å². The molecule has 0 amide bonds. The van der Waals surface area contributed by atoms with Crippen molar-refractivity contribution < 1.29 is 105 Å². The van der Waals surface area contributed by atoms with Gasteiger partial charge in [0.15, 0.2) is 18.9 Å². The number of rotatable bonds is 9. The highest BCUT2D eigenvalue weighted by atomic mass is 16.7. The van der Waals surface area contributed by atoms with Crippen molar-refractivity contribution in [1.29, 1.82) is 0 Å². The zero-order chi connectivity index (χ0) is 34.4. The molecule has 0 spiro atoms. The Morgan fingerprint density at radius 1 is 0.478 bits per heavy atom. The zero-order valence-electron chi connectivity index (χ0n) is 24.3. The van der Waals surface area contributed by atoms with E-state index in [9.17, 15) is 76.6 Å². The minimum atomic E-state index is -2.35. The molecule has 0 aromatic carbocycles. The van der Waals surface area contributed by atoms with Gasteiger partial charge in [-0.15, -0.1) is 0 Å². The van der Waals surface area contributed by atoms with Crippen LogP contribution in [0.1, 0.15) is 6.92 Å². The van der Waals surface area contributed by atoms with Crippen molar-refractivity contribution in [3.05, 3.63) is 0 Å². The van der Waals surface area contributed by atoms with E-state index in [4.69, 9.17) is 28.4 Å². The minimum absolute atomic E-state index is 0.659. The lowest BCUT2D eigenvalue weighted by atomic mass is 9.76. The van der Waals surface area contributed by atoms with E-state index in [-0.39, 0.29) is 0 Å². The molecule has 0 bridgehead atoms. The average molecular weight is 681 g/mol. The van der Waals surface area contributed by atoms with Gasteiger partial charge in [-0.1, -0.05) is 0 Å². The number of aliphatic hydroxyl groups is 15. The van der Waals surface area contributed by atoms with Crippen molar-refractivity contribution in [2.45, 2.75) is 135 Å². The molecule has 19 unspecified atom stereocenters. The molecule has 270 valence electrons. The molecule has 4 rings (SSSR count). The van der Waals surface area contributed by atoms with E-state index in [2.05, 4.69) is 0 Å². The largest absolute Gasteiger partial charge is 0.394 e. The molecule has 3 heterocycles. The first-order valence-corrected chi connectivity index (χ1v) is 14.5. The van der Waals surface area contributed by atoms with Gasteiger partial charge in [0.1, 0.15) is 109 Å². The Morgan fingerprint density at radius 3 is 1.24 bits per heavy atom. The van der Waals surface area contributed by atoms with Gasteiger partial charge < -0.3 is 105 Å². The molecule has 15 N–H and O–H groups in total. The molecular weight excluding hydrogens is 636 g/mol. The van der Waals surface area contributed by atoms with Crippen LogP contribution in [0, 0.1) is 0 Å². The Kier molecular flexibility index (Phi) is 12.3. The summed E-state index contributed by atoms with van der Waals surface area (Å²) in [6.07, 6.45) is -36.4. The van der Waals surface area contributed by atoms with Crippen molar-refractivity contribution in [3.63, 3.8) is 0 Å². The molecule has 1 aliphatic carbocycles. The quantitative estimate of drug-likeness (QED) is 0.107. The predicted octanol–water partition coefficient (Wildman–Crippen LogP) is -9.97. The first-order valence-electron chi connectivity index (χ1n) is 14.5. The highest BCUT2D eigenvalue weighted by Crippen LogP contribution is 2.34. The molecule has 21 heteroatoms. The fourth-order valence-electron chi connectivity index (χ4n) is 5.69. The highest BCUT2D eigenvalue weighted by molar-refractivity contribution is 5.07. The van der Waals surface area contributed by atoms with Crippen LogP contribution in [0.15, 0.2) is 0 Å². The van der Waals surface area contributed by atoms with Gasteiger partial charge in [-0.05, 0) is 6.92 Å². The van der Waals surface area contributed by atoms with Crippen molar-refractivity contribution in [3.8, 4) is 0 Å². The maximum atomic E-state index is 10.5. The second-order valence-corrected chi connectivity index (χ2v) is 12.1. The summed E-state index contributed by atoms with van der Waals surface area (Å²) in [5.74, 6) is 0. The molecule has 3 saturated heterocycles. The van der Waals surface area contributed by atoms with Crippen molar-refractivity contribution in [2.75, 3.05) is 19.8 Å². The fraction of sp³-hybridized carbons (Fsp3) is 1.00. The maximum Gasteiger partial charge on any atom is 0.187 e. The molecule has 46 heavy (non-hydrogen) atoms. The Hall–Kier alpha value is -0.840. The lowest BCUT2D eigenvalue weighted by molar-refractivity contribution is -0.358. The average Bonchev–Trinajstić information content (AvgIpc) is 3.03. The number of aliphatic hydroxyl groups excluding tert-OH is 14. The van der Waals surface area contributed by atoms with Crippen LogP contribution >= 0.6 is 0 Å². The van der Waals surface area contributed by atoms with Gasteiger partial charge in [-0.3, -0.25) is 0 Å². The van der Waals surface area contributed by atoms with Crippen LogP contribution < -0.4 is 0 Å². The zero-order valence-corrected chi connectivity index (χ0v) is 24.3. The summed E-state index contributed by atoms with van der Waals surface area (Å²) in [6, 6.07) is 0. The number of hydrogen-bond donors (Lipinski definition) is 15. The van der Waals surface area contributed by atoms with E-state index < -0.39 is 148 Å². The highest BCUT2D eigenvalue weighted by Gasteiger charge is 2.58. The van der Waals surface area contributed by atoms with Crippen LogP contribution in [-0.4, -0.2) is 225 Å². The van der Waals surface area contributed by atoms with Crippen LogP contribution in [-0.2, 0) is 28.4 Å². The lowest BCUT2D eigenvalue weighted by Gasteiger charge is -2.49. The van der Waals surface area contributed by atoms with E-state index in [0.717, 1.165) is 6.92 Å². The van der Waals surface area contributed by atoms with Crippen molar-refractivity contribution in [1.82, 2.24) is 0 Å². The predicted molar refractivity (Wildman–Crippen MR) is 139 cm³/mol. The Labute approximate surface area is 260 Å². The Bertz CT molecular complexity index is 956. The van der Waals surface area contributed by atoms with Gasteiger partial charge in [-0.25, -0.2) is 0 Å².